The van der Waals surface area contributed by atoms with Crippen LogP contribution in [0.1, 0.15) is 31.4 Å². The van der Waals surface area contributed by atoms with Gasteiger partial charge in [-0.15, -0.1) is 0 Å². The Labute approximate surface area is 142 Å². The van der Waals surface area contributed by atoms with Gasteiger partial charge in [-0.1, -0.05) is 35.3 Å². The average molecular weight is 344 g/mol. The van der Waals surface area contributed by atoms with Crippen LogP contribution in [0.5, 0.6) is 0 Å². The highest BCUT2D eigenvalue weighted by Crippen LogP contribution is 2.29. The van der Waals surface area contributed by atoms with Crippen molar-refractivity contribution in [2.45, 2.75) is 31.8 Å². The van der Waals surface area contributed by atoms with Gasteiger partial charge in [-0.25, -0.2) is 4.79 Å². The minimum Gasteiger partial charge on any atom is -0.331 e. The number of nitrogens with zero attached hydrogens (tertiary/aromatic N) is 2. The Hall–Kier alpha value is -0.970. The van der Waals surface area contributed by atoms with Gasteiger partial charge in [-0.2, -0.15) is 0 Å². The third-order valence-electron chi connectivity index (χ3n) is 4.34. The average Bonchev–Trinajstić information content (AvgIpc) is 2.50. The quantitative estimate of drug-likeness (QED) is 0.906. The van der Waals surface area contributed by atoms with Gasteiger partial charge in [0.15, 0.2) is 0 Å². The zero-order valence-corrected chi connectivity index (χ0v) is 14.8. The first-order chi connectivity index (χ1) is 10.4. The molecule has 0 unspecified atom stereocenters. The summed E-state index contributed by atoms with van der Waals surface area (Å²) in [5.41, 5.74) is 0.833. The molecule has 122 valence electrons. The number of urea groups is 1. The number of rotatable bonds is 3. The molecule has 0 saturated carbocycles. The van der Waals surface area contributed by atoms with Gasteiger partial charge in [0.2, 0.25) is 0 Å². The molecule has 0 spiro atoms. The fourth-order valence-corrected chi connectivity index (χ4v) is 3.24. The summed E-state index contributed by atoms with van der Waals surface area (Å²) in [6.07, 6.45) is 2.01. The minimum absolute atomic E-state index is 0.0712. The van der Waals surface area contributed by atoms with Crippen LogP contribution in [0.15, 0.2) is 18.2 Å². The van der Waals surface area contributed by atoms with Crippen LogP contribution in [-0.4, -0.2) is 49.1 Å². The molecule has 1 heterocycles. The minimum atomic E-state index is -0.188. The summed E-state index contributed by atoms with van der Waals surface area (Å²) in [5, 5.41) is 4.01. The molecule has 6 heteroatoms. The van der Waals surface area contributed by atoms with Gasteiger partial charge in [0, 0.05) is 13.1 Å². The Balaban J connectivity index is 1.97. The highest BCUT2D eigenvalue weighted by atomic mass is 35.5. The van der Waals surface area contributed by atoms with Crippen molar-refractivity contribution in [2.24, 2.45) is 0 Å². The van der Waals surface area contributed by atoms with Crippen molar-refractivity contribution in [3.63, 3.8) is 0 Å². The molecule has 1 atom stereocenters. The van der Waals surface area contributed by atoms with E-state index in [0.717, 1.165) is 31.5 Å². The molecule has 4 nitrogen and oxygen atoms in total. The van der Waals surface area contributed by atoms with Crippen molar-refractivity contribution in [1.29, 1.82) is 0 Å². The molecule has 1 aliphatic rings. The molecule has 1 aromatic rings. The zero-order valence-electron chi connectivity index (χ0n) is 13.3. The molecule has 0 radical (unpaired) electrons. The van der Waals surface area contributed by atoms with Crippen LogP contribution in [0.2, 0.25) is 10.0 Å². The molecule has 1 saturated heterocycles. The number of amides is 2. The van der Waals surface area contributed by atoms with E-state index in [1.54, 1.807) is 6.07 Å². The first-order valence-electron chi connectivity index (χ1n) is 7.56. The van der Waals surface area contributed by atoms with Crippen molar-refractivity contribution in [3.05, 3.63) is 33.8 Å². The van der Waals surface area contributed by atoms with Crippen molar-refractivity contribution in [1.82, 2.24) is 15.1 Å². The number of hydrogen-bond acceptors (Lipinski definition) is 2. The third kappa shape index (κ3) is 4.06. The van der Waals surface area contributed by atoms with E-state index in [0.29, 0.717) is 16.1 Å². The van der Waals surface area contributed by atoms with Crippen molar-refractivity contribution < 1.29 is 4.79 Å². The van der Waals surface area contributed by atoms with Crippen molar-refractivity contribution in [3.8, 4) is 0 Å². The van der Waals surface area contributed by atoms with E-state index in [1.165, 1.54) is 0 Å². The van der Waals surface area contributed by atoms with E-state index in [2.05, 4.69) is 17.3 Å². The van der Waals surface area contributed by atoms with Crippen LogP contribution in [0.25, 0.3) is 0 Å². The fraction of sp³-hybridized carbons (Fsp3) is 0.562. The van der Waals surface area contributed by atoms with E-state index in [9.17, 15) is 4.79 Å². The lowest BCUT2D eigenvalue weighted by Gasteiger charge is -2.35. The topological polar surface area (TPSA) is 35.6 Å². The maximum Gasteiger partial charge on any atom is 0.317 e. The lowest BCUT2D eigenvalue weighted by Crippen LogP contribution is -2.48. The van der Waals surface area contributed by atoms with Gasteiger partial charge < -0.3 is 15.1 Å². The van der Waals surface area contributed by atoms with E-state index < -0.39 is 0 Å². The third-order valence-corrected chi connectivity index (χ3v) is 5.18. The second-order valence-electron chi connectivity index (χ2n) is 5.96. The van der Waals surface area contributed by atoms with Gasteiger partial charge in [-0.3, -0.25) is 0 Å². The summed E-state index contributed by atoms with van der Waals surface area (Å²) in [5.74, 6) is 0. The predicted molar refractivity (Wildman–Crippen MR) is 91.7 cm³/mol. The maximum absolute atomic E-state index is 12.4. The van der Waals surface area contributed by atoms with Gasteiger partial charge in [0.25, 0.3) is 0 Å². The Kier molecular flexibility index (Phi) is 5.95. The van der Waals surface area contributed by atoms with Crippen LogP contribution in [0.4, 0.5) is 4.79 Å². The number of benzene rings is 1. The molecule has 2 amide bonds. The lowest BCUT2D eigenvalue weighted by molar-refractivity contribution is 0.146. The summed E-state index contributed by atoms with van der Waals surface area (Å²) in [6.45, 7) is 3.97. The lowest BCUT2D eigenvalue weighted by atomic mass is 10.0. The normalized spacial score (nSPS) is 18.0. The second-order valence-corrected chi connectivity index (χ2v) is 6.74. The largest absolute Gasteiger partial charge is 0.331 e. The van der Waals surface area contributed by atoms with Crippen LogP contribution in [0, 0.1) is 0 Å². The molecule has 1 N–H and O–H groups in total. The van der Waals surface area contributed by atoms with Crippen LogP contribution in [0.3, 0.4) is 0 Å². The first-order valence-corrected chi connectivity index (χ1v) is 8.31. The molecule has 1 fully saturated rings. The number of nitrogens with one attached hydrogen (secondary N) is 1. The van der Waals surface area contributed by atoms with Crippen LogP contribution < -0.4 is 5.32 Å². The summed E-state index contributed by atoms with van der Waals surface area (Å²) in [7, 11) is 3.97. The number of halogens is 2. The highest BCUT2D eigenvalue weighted by Gasteiger charge is 2.25. The number of carbonyl (C=O) groups excluding carboxylic acids is 1. The van der Waals surface area contributed by atoms with Gasteiger partial charge in [0.1, 0.15) is 0 Å². The maximum atomic E-state index is 12.4. The van der Waals surface area contributed by atoms with E-state index in [4.69, 9.17) is 23.2 Å². The fourth-order valence-electron chi connectivity index (χ4n) is 2.77. The van der Waals surface area contributed by atoms with Crippen LogP contribution in [-0.2, 0) is 0 Å². The number of likely N-dealkylation sites (tertiary alicyclic amines) is 1. The molecular formula is C16H23Cl2N3O. The van der Waals surface area contributed by atoms with E-state index in [1.807, 2.05) is 31.0 Å². The molecule has 1 aromatic carbocycles. The second kappa shape index (κ2) is 7.53. The highest BCUT2D eigenvalue weighted by molar-refractivity contribution is 6.42. The number of piperidine rings is 1. The molecule has 22 heavy (non-hydrogen) atoms. The first kappa shape index (κ1) is 17.4. The summed E-state index contributed by atoms with van der Waals surface area (Å²) < 4.78 is 0. The smallest absolute Gasteiger partial charge is 0.317 e. The monoisotopic (exact) mass is 343 g/mol. The van der Waals surface area contributed by atoms with E-state index in [-0.39, 0.29) is 12.1 Å². The Morgan fingerprint density at radius 1 is 1.36 bits per heavy atom. The molecule has 2 rings (SSSR count). The Bertz CT molecular complexity index is 530. The SMILES string of the molecule is C[C@@H](NC(=O)N(C)C1CCN(C)CC1)c1cccc(Cl)c1Cl. The predicted octanol–water partition coefficient (Wildman–Crippen LogP) is 3.79. The van der Waals surface area contributed by atoms with Crippen molar-refractivity contribution in [2.75, 3.05) is 27.2 Å². The van der Waals surface area contributed by atoms with Gasteiger partial charge in [0.05, 0.1) is 16.1 Å². The zero-order chi connectivity index (χ0) is 16.3. The number of carbonyl (C=O) groups is 1. The Morgan fingerprint density at radius 2 is 2.00 bits per heavy atom. The van der Waals surface area contributed by atoms with Gasteiger partial charge >= 0.3 is 6.03 Å². The summed E-state index contributed by atoms with van der Waals surface area (Å²) in [6, 6.07) is 5.50. The van der Waals surface area contributed by atoms with E-state index >= 15 is 0 Å². The van der Waals surface area contributed by atoms with Gasteiger partial charge in [-0.05, 0) is 51.5 Å². The molecule has 0 aromatic heterocycles. The standard InChI is InChI=1S/C16H23Cl2N3O/c1-11(13-5-4-6-14(17)15(13)18)19-16(22)21(3)12-7-9-20(2)10-8-12/h4-6,11-12H,7-10H2,1-3H3,(H,19,22)/t11-/m1/s1. The molecule has 0 aliphatic carbocycles. The van der Waals surface area contributed by atoms with Crippen molar-refractivity contribution >= 4 is 29.2 Å². The molecule has 1 aliphatic heterocycles. The summed E-state index contributed by atoms with van der Waals surface area (Å²) in [4.78, 5) is 16.5. The summed E-state index contributed by atoms with van der Waals surface area (Å²) >= 11 is 12.2. The number of hydrogen-bond donors (Lipinski definition) is 1. The molecule has 0 bridgehead atoms. The Morgan fingerprint density at radius 3 is 2.64 bits per heavy atom. The van der Waals surface area contributed by atoms with Crippen LogP contribution >= 0.6 is 23.2 Å². The molecular weight excluding hydrogens is 321 g/mol.